The molecular weight excluding hydrogens is 306 g/mol. The summed E-state index contributed by atoms with van der Waals surface area (Å²) < 4.78 is 1.83. The highest BCUT2D eigenvalue weighted by Crippen LogP contribution is 2.12. The first-order valence-electron chi connectivity index (χ1n) is 8.27. The summed E-state index contributed by atoms with van der Waals surface area (Å²) in [6.45, 7) is 7.58. The Morgan fingerprint density at radius 3 is 2.58 bits per heavy atom. The highest BCUT2D eigenvalue weighted by Gasteiger charge is 2.25. The summed E-state index contributed by atoms with van der Waals surface area (Å²) in [5.41, 5.74) is 0.869. The maximum Gasteiger partial charge on any atom is 0.244 e. The van der Waals surface area contributed by atoms with Crippen molar-refractivity contribution in [1.29, 1.82) is 0 Å². The maximum atomic E-state index is 12.6. The Morgan fingerprint density at radius 2 is 1.96 bits per heavy atom. The van der Waals surface area contributed by atoms with Crippen molar-refractivity contribution in [2.75, 3.05) is 36.4 Å². The van der Waals surface area contributed by atoms with Crippen molar-refractivity contribution < 1.29 is 4.79 Å². The Balaban J connectivity index is 1.52. The van der Waals surface area contributed by atoms with Crippen LogP contribution < -0.4 is 10.2 Å². The van der Waals surface area contributed by atoms with Crippen LogP contribution in [0.4, 0.5) is 11.6 Å². The van der Waals surface area contributed by atoms with Crippen molar-refractivity contribution in [1.82, 2.24) is 24.6 Å². The van der Waals surface area contributed by atoms with E-state index in [9.17, 15) is 4.79 Å². The number of carbonyl (C=O) groups excluding carboxylic acids is 1. The van der Waals surface area contributed by atoms with Crippen molar-refractivity contribution >= 4 is 17.5 Å². The average molecular weight is 329 g/mol. The topological polar surface area (TPSA) is 79.2 Å². The number of nitrogens with one attached hydrogen (secondary N) is 1. The molecule has 1 aliphatic heterocycles. The number of carbonyl (C=O) groups is 1. The van der Waals surface area contributed by atoms with Crippen molar-refractivity contribution in [3.8, 4) is 0 Å². The minimum atomic E-state index is -0.279. The summed E-state index contributed by atoms with van der Waals surface area (Å²) in [7, 11) is 0. The van der Waals surface area contributed by atoms with Gasteiger partial charge < -0.3 is 15.1 Å². The molecule has 3 heterocycles. The van der Waals surface area contributed by atoms with Crippen molar-refractivity contribution in [3.63, 3.8) is 0 Å². The number of anilines is 2. The van der Waals surface area contributed by atoms with E-state index < -0.39 is 0 Å². The van der Waals surface area contributed by atoms with Gasteiger partial charge in [-0.15, -0.1) is 0 Å². The zero-order chi connectivity index (χ0) is 16.9. The van der Waals surface area contributed by atoms with Crippen LogP contribution in [0.25, 0.3) is 0 Å². The van der Waals surface area contributed by atoms with Crippen molar-refractivity contribution in [2.24, 2.45) is 0 Å². The molecule has 1 saturated heterocycles. The Kier molecular flexibility index (Phi) is 4.93. The van der Waals surface area contributed by atoms with Crippen LogP contribution in [0.1, 0.15) is 13.8 Å². The monoisotopic (exact) mass is 329 g/mol. The molecule has 1 N–H and O–H groups in total. The minimum Gasteiger partial charge on any atom is -0.371 e. The van der Waals surface area contributed by atoms with Crippen LogP contribution in [-0.2, 0) is 11.3 Å². The Labute approximate surface area is 141 Å². The number of piperazine rings is 1. The number of hydrogen-bond donors (Lipinski definition) is 1. The van der Waals surface area contributed by atoms with E-state index in [4.69, 9.17) is 0 Å². The van der Waals surface area contributed by atoms with Crippen LogP contribution in [-0.4, -0.2) is 62.8 Å². The SMILES string of the molecule is CCn1cc(NC(C)C(=O)N2CCN(c3ncccn3)CC2)cn1. The van der Waals surface area contributed by atoms with Gasteiger partial charge in [-0.2, -0.15) is 5.10 Å². The van der Waals surface area contributed by atoms with E-state index in [1.165, 1.54) is 0 Å². The van der Waals surface area contributed by atoms with Gasteiger partial charge in [-0.1, -0.05) is 0 Å². The smallest absolute Gasteiger partial charge is 0.244 e. The predicted molar refractivity (Wildman–Crippen MR) is 91.8 cm³/mol. The number of aryl methyl sites for hydroxylation is 1. The van der Waals surface area contributed by atoms with Gasteiger partial charge in [0.15, 0.2) is 0 Å². The quantitative estimate of drug-likeness (QED) is 0.876. The number of nitrogens with zero attached hydrogens (tertiary/aromatic N) is 6. The Morgan fingerprint density at radius 1 is 1.25 bits per heavy atom. The van der Waals surface area contributed by atoms with Crippen LogP contribution in [0.5, 0.6) is 0 Å². The predicted octanol–water partition coefficient (Wildman–Crippen LogP) is 0.842. The molecule has 0 aliphatic carbocycles. The summed E-state index contributed by atoms with van der Waals surface area (Å²) in [6, 6.07) is 1.52. The Hall–Kier alpha value is -2.64. The fraction of sp³-hybridized carbons (Fsp3) is 0.500. The van der Waals surface area contributed by atoms with E-state index in [1.807, 2.05) is 29.6 Å². The van der Waals surface area contributed by atoms with E-state index in [2.05, 4.69) is 25.3 Å². The normalized spacial score (nSPS) is 16.1. The summed E-state index contributed by atoms with van der Waals surface area (Å²) in [5.74, 6) is 0.829. The number of amides is 1. The molecule has 1 fully saturated rings. The molecule has 2 aromatic heterocycles. The lowest BCUT2D eigenvalue weighted by Gasteiger charge is -2.36. The standard InChI is InChI=1S/C16H23N7O/c1-3-23-12-14(11-19-23)20-13(2)15(24)21-7-9-22(10-8-21)16-17-5-4-6-18-16/h4-6,11-13,20H,3,7-10H2,1-2H3. The molecular formula is C16H23N7O. The third-order valence-corrected chi connectivity index (χ3v) is 4.14. The molecule has 8 heteroatoms. The number of hydrogen-bond acceptors (Lipinski definition) is 6. The Bertz CT molecular complexity index is 664. The molecule has 1 amide bonds. The van der Waals surface area contributed by atoms with E-state index in [0.717, 1.165) is 31.3 Å². The second kappa shape index (κ2) is 7.29. The van der Waals surface area contributed by atoms with Crippen LogP contribution in [0.15, 0.2) is 30.9 Å². The molecule has 2 aromatic rings. The van der Waals surface area contributed by atoms with E-state index >= 15 is 0 Å². The number of aromatic nitrogens is 4. The highest BCUT2D eigenvalue weighted by atomic mass is 16.2. The lowest BCUT2D eigenvalue weighted by molar-refractivity contribution is -0.131. The van der Waals surface area contributed by atoms with Crippen LogP contribution in [0.3, 0.4) is 0 Å². The van der Waals surface area contributed by atoms with E-state index in [-0.39, 0.29) is 11.9 Å². The second-order valence-corrected chi connectivity index (χ2v) is 5.81. The second-order valence-electron chi connectivity index (χ2n) is 5.81. The van der Waals surface area contributed by atoms with Gasteiger partial charge in [0.05, 0.1) is 11.9 Å². The van der Waals surface area contributed by atoms with Gasteiger partial charge in [0, 0.05) is 51.3 Å². The molecule has 0 bridgehead atoms. The van der Waals surface area contributed by atoms with Crippen molar-refractivity contribution in [3.05, 3.63) is 30.9 Å². The summed E-state index contributed by atoms with van der Waals surface area (Å²) in [5, 5.41) is 7.44. The van der Waals surface area contributed by atoms with Crippen LogP contribution in [0.2, 0.25) is 0 Å². The van der Waals surface area contributed by atoms with E-state index in [0.29, 0.717) is 13.1 Å². The third kappa shape index (κ3) is 3.64. The van der Waals surface area contributed by atoms with Crippen molar-refractivity contribution in [2.45, 2.75) is 26.4 Å². The molecule has 1 atom stereocenters. The molecule has 3 rings (SSSR count). The fourth-order valence-electron chi connectivity index (χ4n) is 2.78. The van der Waals surface area contributed by atoms with Crippen LogP contribution in [0, 0.1) is 0 Å². The molecule has 128 valence electrons. The maximum absolute atomic E-state index is 12.6. The van der Waals surface area contributed by atoms with Gasteiger partial charge in [-0.3, -0.25) is 9.48 Å². The molecule has 0 aromatic carbocycles. The molecule has 0 radical (unpaired) electrons. The van der Waals surface area contributed by atoms with Gasteiger partial charge in [0.25, 0.3) is 0 Å². The first kappa shape index (κ1) is 16.2. The zero-order valence-electron chi connectivity index (χ0n) is 14.1. The molecule has 8 nitrogen and oxygen atoms in total. The summed E-state index contributed by atoms with van der Waals surface area (Å²) in [4.78, 5) is 25.1. The summed E-state index contributed by atoms with van der Waals surface area (Å²) >= 11 is 0. The lowest BCUT2D eigenvalue weighted by atomic mass is 10.2. The largest absolute Gasteiger partial charge is 0.371 e. The number of rotatable bonds is 5. The van der Waals surface area contributed by atoms with Crippen LogP contribution >= 0.6 is 0 Å². The first-order valence-corrected chi connectivity index (χ1v) is 8.27. The van der Waals surface area contributed by atoms with Gasteiger partial charge in [-0.25, -0.2) is 9.97 Å². The first-order chi connectivity index (χ1) is 11.7. The molecule has 0 saturated carbocycles. The highest BCUT2D eigenvalue weighted by molar-refractivity contribution is 5.84. The minimum absolute atomic E-state index is 0.105. The van der Waals surface area contributed by atoms with Gasteiger partial charge in [-0.05, 0) is 19.9 Å². The molecule has 1 unspecified atom stereocenters. The summed E-state index contributed by atoms with van der Waals surface area (Å²) in [6.07, 6.45) is 7.14. The molecule has 24 heavy (non-hydrogen) atoms. The van der Waals surface area contributed by atoms with Gasteiger partial charge in [0.1, 0.15) is 6.04 Å². The fourth-order valence-corrected chi connectivity index (χ4v) is 2.78. The van der Waals surface area contributed by atoms with E-state index in [1.54, 1.807) is 24.7 Å². The molecule has 0 spiro atoms. The lowest BCUT2D eigenvalue weighted by Crippen LogP contribution is -2.52. The van der Waals surface area contributed by atoms with Gasteiger partial charge in [0.2, 0.25) is 11.9 Å². The molecule has 1 aliphatic rings. The third-order valence-electron chi connectivity index (χ3n) is 4.14. The average Bonchev–Trinajstić information content (AvgIpc) is 3.09. The van der Waals surface area contributed by atoms with Gasteiger partial charge >= 0.3 is 0 Å². The zero-order valence-corrected chi connectivity index (χ0v) is 14.1.